The van der Waals surface area contributed by atoms with E-state index in [1.54, 1.807) is 13.2 Å². The zero-order valence-electron chi connectivity index (χ0n) is 20.0. The maximum absolute atomic E-state index is 12.9. The number of nitrogens with zero attached hydrogens (tertiary/aromatic N) is 4. The van der Waals surface area contributed by atoms with Crippen molar-refractivity contribution < 1.29 is 14.3 Å². The zero-order chi connectivity index (χ0) is 24.4. The predicted molar refractivity (Wildman–Crippen MR) is 137 cm³/mol. The molecule has 11 heteroatoms. The lowest BCUT2D eigenvalue weighted by atomic mass is 10.1. The van der Waals surface area contributed by atoms with Crippen molar-refractivity contribution in [2.45, 2.75) is 18.9 Å². The summed E-state index contributed by atoms with van der Waals surface area (Å²) < 4.78 is 5.26. The standard InChI is InChI=1S/C24H31N7O3S/c1-29-10-12-30(13-11-29)17-7-5-16(6-8-17)22(32)25-21-19-14-20(35-24(19)27-26-21)23(33)28-31-9-3-4-18(31)15-34-2/h5-8,14,18H,3-4,9-13,15H2,1-2H3,(H,28,33)(H2,25,26,27,32)/t18-/m0/s1. The van der Waals surface area contributed by atoms with Crippen molar-refractivity contribution in [1.82, 2.24) is 25.5 Å². The molecule has 2 aliphatic heterocycles. The summed E-state index contributed by atoms with van der Waals surface area (Å²) in [5.74, 6) is 0.0151. The van der Waals surface area contributed by atoms with E-state index in [1.807, 2.05) is 29.3 Å². The number of benzene rings is 1. The lowest BCUT2D eigenvalue weighted by Gasteiger charge is -2.34. The minimum Gasteiger partial charge on any atom is -0.383 e. The summed E-state index contributed by atoms with van der Waals surface area (Å²) in [6, 6.07) is 9.61. The van der Waals surface area contributed by atoms with E-state index in [0.717, 1.165) is 61.5 Å². The first-order valence-electron chi connectivity index (χ1n) is 11.9. The van der Waals surface area contributed by atoms with Gasteiger partial charge in [-0.15, -0.1) is 11.3 Å². The third-order valence-corrected chi connectivity index (χ3v) is 7.73. The third-order valence-electron chi connectivity index (χ3n) is 6.69. The van der Waals surface area contributed by atoms with Gasteiger partial charge in [-0.1, -0.05) is 0 Å². The lowest BCUT2D eigenvalue weighted by molar-refractivity contribution is 0.0614. The van der Waals surface area contributed by atoms with Crippen molar-refractivity contribution in [3.05, 3.63) is 40.8 Å². The molecule has 2 aromatic heterocycles. The molecule has 3 aromatic rings. The van der Waals surface area contributed by atoms with Gasteiger partial charge in [0.2, 0.25) is 0 Å². The van der Waals surface area contributed by atoms with Crippen LogP contribution in [0.25, 0.3) is 10.2 Å². The zero-order valence-corrected chi connectivity index (χ0v) is 20.9. The van der Waals surface area contributed by atoms with Crippen molar-refractivity contribution in [3.63, 3.8) is 0 Å². The third kappa shape index (κ3) is 5.18. The SMILES string of the molecule is COC[C@@H]1CCCN1NC(=O)c1cc2c(NC(=O)c3ccc(N4CCN(C)CC4)cc3)n[nH]c2s1. The molecule has 2 amide bonds. The molecular weight excluding hydrogens is 466 g/mol. The van der Waals surface area contributed by atoms with Crippen LogP contribution in [-0.2, 0) is 4.74 Å². The van der Waals surface area contributed by atoms with Gasteiger partial charge in [0.05, 0.1) is 22.9 Å². The number of anilines is 2. The van der Waals surface area contributed by atoms with Crippen molar-refractivity contribution in [3.8, 4) is 0 Å². The van der Waals surface area contributed by atoms with E-state index >= 15 is 0 Å². The van der Waals surface area contributed by atoms with E-state index in [2.05, 4.69) is 37.8 Å². The number of carbonyl (C=O) groups is 2. The molecule has 0 spiro atoms. The Labute approximate surface area is 208 Å². The maximum atomic E-state index is 12.9. The number of piperazine rings is 1. The fourth-order valence-corrected chi connectivity index (χ4v) is 5.52. The Morgan fingerprint density at radius 3 is 2.66 bits per heavy atom. The Hall–Kier alpha value is -2.99. The van der Waals surface area contributed by atoms with Gasteiger partial charge < -0.3 is 19.9 Å². The van der Waals surface area contributed by atoms with E-state index in [1.165, 1.54) is 11.3 Å². The molecule has 5 rings (SSSR count). The normalized spacial score (nSPS) is 19.4. The molecule has 2 fully saturated rings. The molecular formula is C24H31N7O3S. The van der Waals surface area contributed by atoms with Gasteiger partial charge in [-0.25, -0.2) is 5.01 Å². The number of thiophene rings is 1. The van der Waals surface area contributed by atoms with Crippen LogP contribution in [0.2, 0.25) is 0 Å². The number of likely N-dealkylation sites (N-methyl/N-ethyl adjacent to an activating group) is 1. The fraction of sp³-hybridized carbons (Fsp3) is 0.458. The van der Waals surface area contributed by atoms with Crippen LogP contribution in [-0.4, -0.2) is 91.5 Å². The summed E-state index contributed by atoms with van der Waals surface area (Å²) in [6.07, 6.45) is 2.02. The van der Waals surface area contributed by atoms with Gasteiger partial charge in [0, 0.05) is 51.1 Å². The number of amides is 2. The van der Waals surface area contributed by atoms with Crippen LogP contribution >= 0.6 is 11.3 Å². The van der Waals surface area contributed by atoms with E-state index < -0.39 is 0 Å². The summed E-state index contributed by atoms with van der Waals surface area (Å²) in [5.41, 5.74) is 4.68. The molecule has 3 N–H and O–H groups in total. The fourth-order valence-electron chi connectivity index (χ4n) is 4.63. The van der Waals surface area contributed by atoms with Crippen LogP contribution in [0.5, 0.6) is 0 Å². The summed E-state index contributed by atoms with van der Waals surface area (Å²) in [6.45, 7) is 5.41. The molecule has 1 atom stereocenters. The number of hydrogen-bond donors (Lipinski definition) is 3. The Bertz CT molecular complexity index is 1180. The van der Waals surface area contributed by atoms with E-state index in [9.17, 15) is 9.59 Å². The lowest BCUT2D eigenvalue weighted by Crippen LogP contribution is -2.46. The average Bonchev–Trinajstić information content (AvgIpc) is 3.58. The topological polar surface area (TPSA) is 106 Å². The largest absolute Gasteiger partial charge is 0.383 e. The Morgan fingerprint density at radius 2 is 1.91 bits per heavy atom. The number of nitrogens with one attached hydrogen (secondary N) is 3. The highest BCUT2D eigenvalue weighted by Gasteiger charge is 2.27. The van der Waals surface area contributed by atoms with Crippen molar-refractivity contribution in [2.24, 2.45) is 0 Å². The number of rotatable bonds is 7. The number of hydrazine groups is 1. The highest BCUT2D eigenvalue weighted by Crippen LogP contribution is 2.30. The minimum absolute atomic E-state index is 0.167. The quantitative estimate of drug-likeness (QED) is 0.460. The molecule has 1 aromatic carbocycles. The summed E-state index contributed by atoms with van der Waals surface area (Å²) >= 11 is 1.32. The first kappa shape index (κ1) is 23.7. The van der Waals surface area contributed by atoms with Crippen molar-refractivity contribution in [2.75, 3.05) is 63.7 Å². The van der Waals surface area contributed by atoms with Gasteiger partial charge in [0.15, 0.2) is 5.82 Å². The van der Waals surface area contributed by atoms with E-state index in [-0.39, 0.29) is 17.9 Å². The molecule has 4 heterocycles. The second kappa shape index (κ2) is 10.3. The van der Waals surface area contributed by atoms with Crippen LogP contribution in [0.15, 0.2) is 30.3 Å². The second-order valence-corrected chi connectivity index (χ2v) is 10.2. The predicted octanol–water partition coefficient (Wildman–Crippen LogP) is 2.38. The molecule has 2 aliphatic rings. The molecule has 0 bridgehead atoms. The Morgan fingerprint density at radius 1 is 1.14 bits per heavy atom. The van der Waals surface area contributed by atoms with Crippen LogP contribution < -0.4 is 15.6 Å². The number of aromatic nitrogens is 2. The van der Waals surface area contributed by atoms with Crippen molar-refractivity contribution >= 4 is 44.9 Å². The highest BCUT2D eigenvalue weighted by molar-refractivity contribution is 7.20. The van der Waals surface area contributed by atoms with Gasteiger partial charge in [-0.3, -0.25) is 20.1 Å². The monoisotopic (exact) mass is 497 g/mol. The van der Waals surface area contributed by atoms with E-state index in [0.29, 0.717) is 22.9 Å². The summed E-state index contributed by atoms with van der Waals surface area (Å²) in [4.78, 5) is 31.7. The van der Waals surface area contributed by atoms with Crippen LogP contribution in [0, 0.1) is 0 Å². The minimum atomic E-state index is -0.236. The first-order chi connectivity index (χ1) is 17.0. The molecule has 2 saturated heterocycles. The number of aromatic amines is 1. The van der Waals surface area contributed by atoms with Crippen LogP contribution in [0.4, 0.5) is 11.5 Å². The molecule has 0 radical (unpaired) electrons. The molecule has 10 nitrogen and oxygen atoms in total. The maximum Gasteiger partial charge on any atom is 0.275 e. The van der Waals surface area contributed by atoms with Gasteiger partial charge in [0.25, 0.3) is 11.8 Å². The van der Waals surface area contributed by atoms with Gasteiger partial charge in [-0.05, 0) is 50.2 Å². The number of fused-ring (bicyclic) bond motifs is 1. The number of H-pyrrole nitrogens is 1. The van der Waals surface area contributed by atoms with Crippen LogP contribution in [0.1, 0.15) is 32.9 Å². The number of ether oxygens (including phenoxy) is 1. The Kier molecular flexibility index (Phi) is 7.00. The second-order valence-electron chi connectivity index (χ2n) is 9.10. The number of methoxy groups -OCH3 is 1. The number of carbonyl (C=O) groups excluding carboxylic acids is 2. The van der Waals surface area contributed by atoms with Gasteiger partial charge >= 0.3 is 0 Å². The van der Waals surface area contributed by atoms with E-state index in [4.69, 9.17) is 4.74 Å². The first-order valence-corrected chi connectivity index (χ1v) is 12.7. The van der Waals surface area contributed by atoms with Crippen LogP contribution in [0.3, 0.4) is 0 Å². The molecule has 186 valence electrons. The average molecular weight is 498 g/mol. The van der Waals surface area contributed by atoms with Gasteiger partial charge in [-0.2, -0.15) is 5.10 Å². The van der Waals surface area contributed by atoms with Gasteiger partial charge in [0.1, 0.15) is 4.83 Å². The molecule has 0 saturated carbocycles. The summed E-state index contributed by atoms with van der Waals surface area (Å²) in [5, 5.41) is 12.7. The van der Waals surface area contributed by atoms with Crippen molar-refractivity contribution in [1.29, 1.82) is 0 Å². The number of hydrogen-bond acceptors (Lipinski definition) is 8. The molecule has 0 unspecified atom stereocenters. The smallest absolute Gasteiger partial charge is 0.275 e. The highest BCUT2D eigenvalue weighted by atomic mass is 32.1. The summed E-state index contributed by atoms with van der Waals surface area (Å²) in [7, 11) is 3.80. The molecule has 0 aliphatic carbocycles. The molecule has 35 heavy (non-hydrogen) atoms. The Balaban J connectivity index is 1.23.